The molecule has 1 aromatic rings. The first-order chi connectivity index (χ1) is 8.45. The van der Waals surface area contributed by atoms with Gasteiger partial charge in [-0.25, -0.2) is 4.39 Å². The summed E-state index contributed by atoms with van der Waals surface area (Å²) in [6.45, 7) is -4.60. The molecule has 102 valence electrons. The number of methoxy groups -OCH3 is 1. The molecule has 0 radical (unpaired) electrons. The largest absolute Gasteiger partial charge is 0.513 e. The Bertz CT molecular complexity index is 382. The predicted octanol–water partition coefficient (Wildman–Crippen LogP) is 2.69. The smallest absolute Gasteiger partial charge is 0.497 e. The molecular formula is C11H14BF4O2-. The number of unbranched alkanes of at least 4 members (excludes halogenated alkanes) is 1. The van der Waals surface area contributed by atoms with Crippen molar-refractivity contribution in [2.24, 2.45) is 0 Å². The van der Waals surface area contributed by atoms with Gasteiger partial charge in [-0.05, 0) is 31.0 Å². The summed E-state index contributed by atoms with van der Waals surface area (Å²) >= 11 is 0. The lowest BCUT2D eigenvalue weighted by Crippen LogP contribution is -2.35. The van der Waals surface area contributed by atoms with E-state index in [-0.39, 0.29) is 12.4 Å². The molecule has 0 atom stereocenters. The van der Waals surface area contributed by atoms with Crippen LogP contribution in [-0.4, -0.2) is 27.3 Å². The van der Waals surface area contributed by atoms with Gasteiger partial charge in [-0.1, -0.05) is 5.46 Å². The summed E-state index contributed by atoms with van der Waals surface area (Å²) in [6, 6.07) is 2.43. The van der Waals surface area contributed by atoms with E-state index in [1.807, 2.05) is 0 Å². The quantitative estimate of drug-likeness (QED) is 0.428. The highest BCUT2D eigenvalue weighted by atomic mass is 19.4. The molecular weight excluding hydrogens is 251 g/mol. The lowest BCUT2D eigenvalue weighted by Gasteiger charge is -2.19. The number of rotatable bonds is 7. The molecule has 2 nitrogen and oxygen atoms in total. The van der Waals surface area contributed by atoms with Crippen LogP contribution in [0.2, 0.25) is 0 Å². The van der Waals surface area contributed by atoms with Gasteiger partial charge in [0.05, 0.1) is 12.4 Å². The van der Waals surface area contributed by atoms with Crippen molar-refractivity contribution in [3.05, 3.63) is 24.0 Å². The first kappa shape index (κ1) is 14.8. The van der Waals surface area contributed by atoms with E-state index in [0.717, 1.165) is 12.1 Å². The van der Waals surface area contributed by atoms with Crippen molar-refractivity contribution in [1.29, 1.82) is 0 Å². The maximum absolute atomic E-state index is 12.8. The van der Waals surface area contributed by atoms with Crippen molar-refractivity contribution in [2.75, 3.05) is 20.3 Å². The Labute approximate surface area is 103 Å². The molecule has 0 bridgehead atoms. The SMILES string of the molecule is COCCCCOc1ccc(F)cc1[B-](F)(F)F. The van der Waals surface area contributed by atoms with Gasteiger partial charge in [0.15, 0.2) is 0 Å². The van der Waals surface area contributed by atoms with E-state index < -0.39 is 18.3 Å². The average molecular weight is 265 g/mol. The van der Waals surface area contributed by atoms with Crippen LogP contribution in [0.4, 0.5) is 17.3 Å². The molecule has 1 rings (SSSR count). The van der Waals surface area contributed by atoms with Crippen LogP contribution < -0.4 is 10.2 Å². The summed E-state index contributed by atoms with van der Waals surface area (Å²) in [4.78, 5) is 0. The average Bonchev–Trinajstić information content (AvgIpc) is 2.29. The van der Waals surface area contributed by atoms with Crippen molar-refractivity contribution < 1.29 is 26.8 Å². The van der Waals surface area contributed by atoms with E-state index in [9.17, 15) is 17.3 Å². The molecule has 0 fully saturated rings. The monoisotopic (exact) mass is 265 g/mol. The molecule has 0 aliphatic heterocycles. The van der Waals surface area contributed by atoms with Crippen LogP contribution in [0.15, 0.2) is 18.2 Å². The Morgan fingerprint density at radius 2 is 1.78 bits per heavy atom. The fraction of sp³-hybridized carbons (Fsp3) is 0.455. The minimum Gasteiger partial charge on any atom is -0.497 e. The molecule has 0 aliphatic carbocycles. The lowest BCUT2D eigenvalue weighted by molar-refractivity contribution is 0.184. The molecule has 0 unspecified atom stereocenters. The molecule has 0 heterocycles. The fourth-order valence-electron chi connectivity index (χ4n) is 1.44. The van der Waals surface area contributed by atoms with Crippen LogP contribution in [0, 0.1) is 5.82 Å². The van der Waals surface area contributed by atoms with E-state index >= 15 is 0 Å². The number of hydrogen-bond donors (Lipinski definition) is 0. The number of halogens is 4. The standard InChI is InChI=1S/C11H14BF4O2/c1-17-6-2-3-7-18-11-5-4-9(13)8-10(11)12(14,15)16/h4-5,8H,2-3,6-7H2,1H3/q-1. The minimum absolute atomic E-state index is 0.147. The normalized spacial score (nSPS) is 11.6. The highest BCUT2D eigenvalue weighted by Crippen LogP contribution is 2.19. The first-order valence-electron chi connectivity index (χ1n) is 5.56. The van der Waals surface area contributed by atoms with Gasteiger partial charge in [0.1, 0.15) is 5.82 Å². The zero-order valence-corrected chi connectivity index (χ0v) is 9.97. The van der Waals surface area contributed by atoms with Crippen LogP contribution in [0.1, 0.15) is 12.8 Å². The number of benzene rings is 1. The minimum atomic E-state index is -5.28. The Morgan fingerprint density at radius 1 is 1.11 bits per heavy atom. The van der Waals surface area contributed by atoms with Gasteiger partial charge >= 0.3 is 6.98 Å². The van der Waals surface area contributed by atoms with Gasteiger partial charge < -0.3 is 22.4 Å². The molecule has 0 saturated heterocycles. The number of ether oxygens (including phenoxy) is 2. The molecule has 7 heteroatoms. The van der Waals surface area contributed by atoms with Gasteiger partial charge in [0.2, 0.25) is 0 Å². The van der Waals surface area contributed by atoms with Crippen molar-refractivity contribution in [3.63, 3.8) is 0 Å². The van der Waals surface area contributed by atoms with Crippen molar-refractivity contribution in [3.8, 4) is 5.75 Å². The lowest BCUT2D eigenvalue weighted by atomic mass is 9.79. The second kappa shape index (κ2) is 6.63. The van der Waals surface area contributed by atoms with Gasteiger partial charge in [0.25, 0.3) is 0 Å². The summed E-state index contributed by atoms with van der Waals surface area (Å²) in [5.41, 5.74) is -1.03. The predicted molar refractivity (Wildman–Crippen MR) is 61.7 cm³/mol. The summed E-state index contributed by atoms with van der Waals surface area (Å²) in [5.74, 6) is -1.24. The van der Waals surface area contributed by atoms with E-state index in [1.165, 1.54) is 0 Å². The van der Waals surface area contributed by atoms with Crippen molar-refractivity contribution >= 4 is 12.4 Å². The molecule has 0 amide bonds. The Hall–Kier alpha value is -1.24. The first-order valence-corrected chi connectivity index (χ1v) is 5.56. The molecule has 18 heavy (non-hydrogen) atoms. The van der Waals surface area contributed by atoms with Gasteiger partial charge in [-0.15, -0.1) is 0 Å². The summed E-state index contributed by atoms with van der Waals surface area (Å²) in [7, 11) is 1.55. The van der Waals surface area contributed by atoms with Crippen LogP contribution in [0.5, 0.6) is 5.75 Å². The maximum Gasteiger partial charge on any atom is 0.513 e. The third kappa shape index (κ3) is 4.56. The van der Waals surface area contributed by atoms with Crippen molar-refractivity contribution in [2.45, 2.75) is 12.8 Å². The second-order valence-corrected chi connectivity index (χ2v) is 3.81. The highest BCUT2D eigenvalue weighted by Gasteiger charge is 2.29. The topological polar surface area (TPSA) is 18.5 Å². The summed E-state index contributed by atoms with van der Waals surface area (Å²) in [6.07, 6.45) is 1.28. The van der Waals surface area contributed by atoms with Crippen molar-refractivity contribution in [1.82, 2.24) is 0 Å². The third-order valence-electron chi connectivity index (χ3n) is 2.32. The molecule has 0 aliphatic rings. The Morgan fingerprint density at radius 3 is 2.39 bits per heavy atom. The zero-order chi connectivity index (χ0) is 13.6. The second-order valence-electron chi connectivity index (χ2n) is 3.81. The molecule has 1 aromatic carbocycles. The number of hydrogen-bond acceptors (Lipinski definition) is 2. The molecule has 0 aromatic heterocycles. The third-order valence-corrected chi connectivity index (χ3v) is 2.32. The fourth-order valence-corrected chi connectivity index (χ4v) is 1.44. The van der Waals surface area contributed by atoms with Crippen LogP contribution >= 0.6 is 0 Å². The molecule has 0 N–H and O–H groups in total. The van der Waals surface area contributed by atoms with Gasteiger partial charge in [-0.2, -0.15) is 0 Å². The molecule has 0 spiro atoms. The highest BCUT2D eigenvalue weighted by molar-refractivity contribution is 6.74. The summed E-state index contributed by atoms with van der Waals surface area (Å²) in [5, 5.41) is 0. The van der Waals surface area contributed by atoms with Gasteiger partial charge in [0, 0.05) is 13.7 Å². The van der Waals surface area contributed by atoms with E-state index in [2.05, 4.69) is 0 Å². The Balaban J connectivity index is 2.65. The van der Waals surface area contributed by atoms with E-state index in [1.54, 1.807) is 7.11 Å². The van der Waals surface area contributed by atoms with E-state index in [0.29, 0.717) is 25.5 Å². The molecule has 0 saturated carbocycles. The zero-order valence-electron chi connectivity index (χ0n) is 9.97. The van der Waals surface area contributed by atoms with Gasteiger partial charge in [-0.3, -0.25) is 0 Å². The maximum atomic E-state index is 12.8. The summed E-state index contributed by atoms with van der Waals surface area (Å²) < 4.78 is 60.6. The van der Waals surface area contributed by atoms with E-state index in [4.69, 9.17) is 9.47 Å². The van der Waals surface area contributed by atoms with Crippen LogP contribution in [-0.2, 0) is 4.74 Å². The van der Waals surface area contributed by atoms with Crippen LogP contribution in [0.25, 0.3) is 0 Å². The Kier molecular flexibility index (Phi) is 5.46. The van der Waals surface area contributed by atoms with Crippen LogP contribution in [0.3, 0.4) is 0 Å².